The fraction of sp³-hybridized carbons (Fsp3) is 0.438. The first-order chi connectivity index (χ1) is 12.1. The molecule has 0 bridgehead atoms. The molecular formula is C16H19NO8S. The summed E-state index contributed by atoms with van der Waals surface area (Å²) < 4.78 is 36.2. The molecule has 1 aliphatic heterocycles. The van der Waals surface area contributed by atoms with E-state index in [1.165, 1.54) is 13.0 Å². The summed E-state index contributed by atoms with van der Waals surface area (Å²) in [7, 11) is -1.99. The first-order valence-electron chi connectivity index (χ1n) is 7.61. The third-order valence-electron chi connectivity index (χ3n) is 4.38. The van der Waals surface area contributed by atoms with Crippen molar-refractivity contribution >= 4 is 27.9 Å². The van der Waals surface area contributed by atoms with Crippen LogP contribution in [0.25, 0.3) is 0 Å². The predicted molar refractivity (Wildman–Crippen MR) is 88.2 cm³/mol. The van der Waals surface area contributed by atoms with Crippen LogP contribution in [0.2, 0.25) is 0 Å². The van der Waals surface area contributed by atoms with Gasteiger partial charge in [0.05, 0.1) is 35.7 Å². The van der Waals surface area contributed by atoms with Crippen LogP contribution < -0.4 is 0 Å². The molecule has 1 aromatic carbocycles. The molecule has 1 heterocycles. The number of esters is 2. The highest BCUT2D eigenvalue weighted by Gasteiger charge is 2.45. The number of carboxylic acids is 1. The van der Waals surface area contributed by atoms with Gasteiger partial charge in [-0.05, 0) is 31.5 Å². The van der Waals surface area contributed by atoms with E-state index in [1.54, 1.807) is 0 Å². The summed E-state index contributed by atoms with van der Waals surface area (Å²) in [5.74, 6) is -2.76. The molecule has 1 aliphatic rings. The highest BCUT2D eigenvalue weighted by atomic mass is 32.2. The number of benzene rings is 1. The van der Waals surface area contributed by atoms with Gasteiger partial charge < -0.3 is 14.6 Å². The van der Waals surface area contributed by atoms with Crippen LogP contribution in [0.15, 0.2) is 23.1 Å². The second-order valence-corrected chi connectivity index (χ2v) is 8.05. The fourth-order valence-corrected chi connectivity index (χ4v) is 4.47. The Bertz CT molecular complexity index is 863. The number of rotatable bonds is 5. The van der Waals surface area contributed by atoms with Crippen molar-refractivity contribution in [2.45, 2.75) is 18.2 Å². The van der Waals surface area contributed by atoms with Crippen LogP contribution >= 0.6 is 0 Å². The lowest BCUT2D eigenvalue weighted by Crippen LogP contribution is -2.35. The summed E-state index contributed by atoms with van der Waals surface area (Å²) in [5.41, 5.74) is -1.53. The molecule has 1 atom stereocenters. The zero-order valence-electron chi connectivity index (χ0n) is 14.5. The molecule has 1 N–H and O–H groups in total. The average Bonchev–Trinajstić information content (AvgIpc) is 3.04. The number of hydrogen-bond donors (Lipinski definition) is 1. The quantitative estimate of drug-likeness (QED) is 0.736. The lowest BCUT2D eigenvalue weighted by Gasteiger charge is -2.21. The lowest BCUT2D eigenvalue weighted by atomic mass is 9.90. The Balaban J connectivity index is 2.55. The smallest absolute Gasteiger partial charge is 0.339 e. The van der Waals surface area contributed by atoms with Crippen molar-refractivity contribution in [1.82, 2.24) is 4.31 Å². The van der Waals surface area contributed by atoms with E-state index in [-0.39, 0.29) is 30.6 Å². The third-order valence-corrected chi connectivity index (χ3v) is 6.27. The van der Waals surface area contributed by atoms with Crippen LogP contribution in [-0.2, 0) is 24.3 Å². The zero-order chi connectivity index (χ0) is 19.7. The van der Waals surface area contributed by atoms with Crippen molar-refractivity contribution in [1.29, 1.82) is 0 Å². The topological polar surface area (TPSA) is 127 Å². The highest BCUT2D eigenvalue weighted by Crippen LogP contribution is 2.35. The van der Waals surface area contributed by atoms with E-state index in [9.17, 15) is 27.9 Å². The summed E-state index contributed by atoms with van der Waals surface area (Å²) in [6.45, 7) is 1.19. The number of carboxylic acid groups (broad SMARTS) is 1. The Hall–Kier alpha value is -2.46. The molecule has 0 radical (unpaired) electrons. The van der Waals surface area contributed by atoms with Crippen molar-refractivity contribution in [3.63, 3.8) is 0 Å². The number of sulfonamides is 1. The number of ether oxygens (including phenoxy) is 2. The molecule has 0 amide bonds. The fourth-order valence-electron chi connectivity index (χ4n) is 2.70. The van der Waals surface area contributed by atoms with E-state index in [2.05, 4.69) is 9.47 Å². The highest BCUT2D eigenvalue weighted by molar-refractivity contribution is 7.89. The normalized spacial score (nSPS) is 20.6. The van der Waals surface area contributed by atoms with Crippen LogP contribution in [0, 0.1) is 5.41 Å². The van der Waals surface area contributed by atoms with Gasteiger partial charge in [-0.25, -0.2) is 18.0 Å². The molecular weight excluding hydrogens is 366 g/mol. The van der Waals surface area contributed by atoms with Crippen molar-refractivity contribution in [3.8, 4) is 0 Å². The molecule has 142 valence electrons. The molecule has 0 saturated carbocycles. The number of nitrogens with zero attached hydrogens (tertiary/aromatic N) is 1. The monoisotopic (exact) mass is 385 g/mol. The van der Waals surface area contributed by atoms with E-state index in [0.717, 1.165) is 30.7 Å². The largest absolute Gasteiger partial charge is 0.481 e. The van der Waals surface area contributed by atoms with Gasteiger partial charge in [-0.15, -0.1) is 0 Å². The molecule has 1 saturated heterocycles. The first-order valence-corrected chi connectivity index (χ1v) is 9.05. The van der Waals surface area contributed by atoms with Crippen molar-refractivity contribution in [2.24, 2.45) is 5.41 Å². The van der Waals surface area contributed by atoms with Gasteiger partial charge in [-0.3, -0.25) is 4.79 Å². The van der Waals surface area contributed by atoms with Gasteiger partial charge >= 0.3 is 17.9 Å². The minimum absolute atomic E-state index is 0.0196. The van der Waals surface area contributed by atoms with E-state index < -0.39 is 38.2 Å². The predicted octanol–water partition coefficient (Wildman–Crippen LogP) is 0.745. The standard InChI is InChI=1S/C16H19NO8S/c1-16(15(20)21)6-7-17(9-16)26(22,23)12-8-10(13(18)24-2)4-5-11(12)14(19)25-3/h4-5,8H,6-7,9H2,1-3H3,(H,20,21). The second kappa shape index (κ2) is 7.04. The third kappa shape index (κ3) is 3.42. The summed E-state index contributed by atoms with van der Waals surface area (Å²) in [5, 5.41) is 9.30. The van der Waals surface area contributed by atoms with Gasteiger partial charge in [0, 0.05) is 13.1 Å². The van der Waals surface area contributed by atoms with E-state index in [4.69, 9.17) is 0 Å². The molecule has 26 heavy (non-hydrogen) atoms. The Labute approximate surface area is 150 Å². The Morgan fingerprint density at radius 1 is 1.15 bits per heavy atom. The van der Waals surface area contributed by atoms with Gasteiger partial charge in [0.1, 0.15) is 0 Å². The van der Waals surface area contributed by atoms with Gasteiger partial charge in [0.25, 0.3) is 0 Å². The van der Waals surface area contributed by atoms with Gasteiger partial charge in [-0.1, -0.05) is 0 Å². The van der Waals surface area contributed by atoms with E-state index in [0.29, 0.717) is 0 Å². The molecule has 1 aromatic rings. The van der Waals surface area contributed by atoms with Crippen molar-refractivity contribution in [2.75, 3.05) is 27.3 Å². The zero-order valence-corrected chi connectivity index (χ0v) is 15.3. The van der Waals surface area contributed by atoms with Crippen molar-refractivity contribution in [3.05, 3.63) is 29.3 Å². The molecule has 0 aromatic heterocycles. The van der Waals surface area contributed by atoms with Crippen LogP contribution in [0.5, 0.6) is 0 Å². The van der Waals surface area contributed by atoms with Gasteiger partial charge in [0.2, 0.25) is 10.0 Å². The molecule has 2 rings (SSSR count). The Kier molecular flexibility index (Phi) is 5.38. The first kappa shape index (κ1) is 19.9. The van der Waals surface area contributed by atoms with Crippen LogP contribution in [0.3, 0.4) is 0 Å². The molecule has 9 nitrogen and oxygen atoms in total. The maximum absolute atomic E-state index is 13.0. The van der Waals surface area contributed by atoms with Gasteiger partial charge in [-0.2, -0.15) is 4.31 Å². The number of carbonyl (C=O) groups excluding carboxylic acids is 2. The van der Waals surface area contributed by atoms with Crippen molar-refractivity contribution < 1.29 is 37.4 Å². The van der Waals surface area contributed by atoms with Crippen LogP contribution in [-0.4, -0.2) is 63.0 Å². The number of hydrogen-bond acceptors (Lipinski definition) is 7. The molecule has 0 spiro atoms. The minimum atomic E-state index is -4.23. The summed E-state index contributed by atoms with van der Waals surface area (Å²) in [6.07, 6.45) is 0.131. The molecule has 0 aliphatic carbocycles. The van der Waals surface area contributed by atoms with E-state index >= 15 is 0 Å². The maximum atomic E-state index is 13.0. The number of aliphatic carboxylic acids is 1. The summed E-state index contributed by atoms with van der Waals surface area (Å²) >= 11 is 0. The molecule has 1 unspecified atom stereocenters. The summed E-state index contributed by atoms with van der Waals surface area (Å²) in [6, 6.07) is 3.45. The molecule has 10 heteroatoms. The Morgan fingerprint density at radius 2 is 1.77 bits per heavy atom. The maximum Gasteiger partial charge on any atom is 0.339 e. The summed E-state index contributed by atoms with van der Waals surface area (Å²) in [4.78, 5) is 34.6. The number of carbonyl (C=O) groups is 3. The second-order valence-electron chi connectivity index (χ2n) is 6.15. The van der Waals surface area contributed by atoms with Gasteiger partial charge in [0.15, 0.2) is 0 Å². The lowest BCUT2D eigenvalue weighted by molar-refractivity contribution is -0.146. The van der Waals surface area contributed by atoms with Crippen LogP contribution in [0.4, 0.5) is 0 Å². The van der Waals surface area contributed by atoms with E-state index in [1.807, 2.05) is 0 Å². The minimum Gasteiger partial charge on any atom is -0.481 e. The SMILES string of the molecule is COC(=O)c1ccc(C(=O)OC)c(S(=O)(=O)N2CCC(C)(C(=O)O)C2)c1. The Morgan fingerprint density at radius 3 is 2.27 bits per heavy atom. The number of methoxy groups -OCH3 is 2. The van der Waals surface area contributed by atoms with Crippen LogP contribution in [0.1, 0.15) is 34.1 Å². The molecule has 1 fully saturated rings. The average molecular weight is 385 g/mol.